The van der Waals surface area contributed by atoms with E-state index < -0.39 is 6.04 Å². The Kier molecular flexibility index (Phi) is 4.55. The first-order valence-corrected chi connectivity index (χ1v) is 8.84. The largest absolute Gasteiger partial charge is 0.325 e. The third-order valence-electron chi connectivity index (χ3n) is 4.08. The van der Waals surface area contributed by atoms with Gasteiger partial charge >= 0.3 is 0 Å². The van der Waals surface area contributed by atoms with Gasteiger partial charge in [0.15, 0.2) is 5.82 Å². The maximum atomic E-state index is 12.4. The van der Waals surface area contributed by atoms with Crippen LogP contribution in [0.4, 0.5) is 11.6 Å². The van der Waals surface area contributed by atoms with Crippen molar-refractivity contribution in [2.45, 2.75) is 12.5 Å². The van der Waals surface area contributed by atoms with Crippen molar-refractivity contribution in [3.8, 4) is 11.4 Å². The normalized spacial score (nSPS) is 15.3. The summed E-state index contributed by atoms with van der Waals surface area (Å²) in [6, 6.07) is 13.3. The lowest BCUT2D eigenvalue weighted by molar-refractivity contribution is -0.123. The van der Waals surface area contributed by atoms with Gasteiger partial charge in [0.05, 0.1) is 17.1 Å². The summed E-state index contributed by atoms with van der Waals surface area (Å²) in [4.78, 5) is 28.9. The molecule has 2 aromatic carbocycles. The second kappa shape index (κ2) is 7.02. The maximum absolute atomic E-state index is 12.4. The van der Waals surface area contributed by atoms with E-state index in [1.54, 1.807) is 18.2 Å². The summed E-state index contributed by atoms with van der Waals surface area (Å²) in [5, 5.41) is 10.5. The molecule has 0 spiro atoms. The molecule has 4 rings (SSSR count). The van der Waals surface area contributed by atoms with Gasteiger partial charge < -0.3 is 5.32 Å². The monoisotopic (exact) mass is 401 g/mol. The van der Waals surface area contributed by atoms with E-state index >= 15 is 0 Å². The zero-order valence-corrected chi connectivity index (χ0v) is 15.3. The number of rotatable bonds is 4. The maximum Gasteiger partial charge on any atom is 0.252 e. The second-order valence-electron chi connectivity index (χ2n) is 5.95. The highest BCUT2D eigenvalue weighted by molar-refractivity contribution is 6.35. The lowest BCUT2D eigenvalue weighted by atomic mass is 10.2. The number of fused-ring (bicyclic) bond motifs is 1. The Morgan fingerprint density at radius 2 is 1.96 bits per heavy atom. The van der Waals surface area contributed by atoms with Crippen molar-refractivity contribution in [2.24, 2.45) is 0 Å². The summed E-state index contributed by atoms with van der Waals surface area (Å²) < 4.78 is 1.43. The van der Waals surface area contributed by atoms with Gasteiger partial charge in [-0.15, -0.1) is 5.10 Å². The highest BCUT2D eigenvalue weighted by atomic mass is 35.5. The van der Waals surface area contributed by atoms with E-state index in [-0.39, 0.29) is 18.2 Å². The fourth-order valence-corrected chi connectivity index (χ4v) is 3.13. The first-order chi connectivity index (χ1) is 13.0. The van der Waals surface area contributed by atoms with Gasteiger partial charge in [-0.1, -0.05) is 53.5 Å². The highest BCUT2D eigenvalue weighted by Gasteiger charge is 2.35. The van der Waals surface area contributed by atoms with Gasteiger partial charge in [-0.05, 0) is 18.2 Å². The van der Waals surface area contributed by atoms with Gasteiger partial charge in [0, 0.05) is 10.6 Å². The summed E-state index contributed by atoms with van der Waals surface area (Å²) in [5.74, 6) is 0.0761. The standard InChI is InChI=1S/C18H13Cl2N5O2/c19-11-6-7-12(20)13(8-11)21-15(26)9-14-17(27)23-18-22-16(24-25(14)18)10-4-2-1-3-5-10/h1-8,14H,9H2,(H,21,26)(H,22,23,24,27)/t14-/m0/s1. The minimum Gasteiger partial charge on any atom is -0.325 e. The quantitative estimate of drug-likeness (QED) is 0.695. The number of carbonyl (C=O) groups is 2. The molecule has 27 heavy (non-hydrogen) atoms. The number of hydrogen-bond donors (Lipinski definition) is 2. The number of nitrogens with zero attached hydrogens (tertiary/aromatic N) is 3. The predicted octanol–water partition coefficient (Wildman–Crippen LogP) is 3.77. The predicted molar refractivity (Wildman–Crippen MR) is 103 cm³/mol. The molecular weight excluding hydrogens is 389 g/mol. The van der Waals surface area contributed by atoms with Gasteiger partial charge in [-0.3, -0.25) is 14.9 Å². The van der Waals surface area contributed by atoms with E-state index in [1.165, 1.54) is 4.68 Å². The molecule has 1 aliphatic rings. The molecule has 0 fully saturated rings. The first kappa shape index (κ1) is 17.5. The minimum atomic E-state index is -0.789. The Morgan fingerprint density at radius 3 is 2.74 bits per heavy atom. The Bertz CT molecular complexity index is 1040. The molecule has 0 radical (unpaired) electrons. The van der Waals surface area contributed by atoms with Crippen molar-refractivity contribution < 1.29 is 9.59 Å². The zero-order valence-electron chi connectivity index (χ0n) is 13.8. The van der Waals surface area contributed by atoms with E-state index in [1.807, 2.05) is 30.3 Å². The van der Waals surface area contributed by atoms with E-state index in [0.717, 1.165) is 5.56 Å². The molecule has 7 nitrogen and oxygen atoms in total. The van der Waals surface area contributed by atoms with E-state index in [9.17, 15) is 9.59 Å². The lowest BCUT2D eigenvalue weighted by Crippen LogP contribution is -2.23. The Hall–Kier alpha value is -2.90. The zero-order chi connectivity index (χ0) is 19.0. The first-order valence-electron chi connectivity index (χ1n) is 8.09. The highest BCUT2D eigenvalue weighted by Crippen LogP contribution is 2.30. The molecule has 0 saturated heterocycles. The number of amides is 2. The van der Waals surface area contributed by atoms with Gasteiger partial charge in [-0.25, -0.2) is 4.68 Å². The summed E-state index contributed by atoms with van der Waals surface area (Å²) in [5.41, 5.74) is 1.21. The molecule has 0 unspecified atom stereocenters. The molecule has 3 aromatic rings. The summed E-state index contributed by atoms with van der Waals surface area (Å²) >= 11 is 12.0. The van der Waals surface area contributed by atoms with Gasteiger partial charge in [-0.2, -0.15) is 4.98 Å². The van der Waals surface area contributed by atoms with Crippen LogP contribution < -0.4 is 10.6 Å². The fourth-order valence-electron chi connectivity index (χ4n) is 2.79. The van der Waals surface area contributed by atoms with Crippen LogP contribution in [0.3, 0.4) is 0 Å². The van der Waals surface area contributed by atoms with E-state index in [2.05, 4.69) is 20.7 Å². The van der Waals surface area contributed by atoms with Crippen molar-refractivity contribution in [1.29, 1.82) is 0 Å². The number of nitrogens with one attached hydrogen (secondary N) is 2. The average molecular weight is 402 g/mol. The van der Waals surface area contributed by atoms with Crippen LogP contribution in [0, 0.1) is 0 Å². The van der Waals surface area contributed by atoms with E-state index in [4.69, 9.17) is 23.2 Å². The van der Waals surface area contributed by atoms with Gasteiger partial charge in [0.25, 0.3) is 5.91 Å². The third kappa shape index (κ3) is 3.51. The molecule has 1 atom stereocenters. The van der Waals surface area contributed by atoms with Crippen LogP contribution in [0.15, 0.2) is 48.5 Å². The number of anilines is 2. The SMILES string of the molecule is O=C(C[C@H]1C(=O)Nc2nc(-c3ccccc3)nn21)Nc1cc(Cl)ccc1Cl. The van der Waals surface area contributed by atoms with Crippen molar-refractivity contribution in [1.82, 2.24) is 14.8 Å². The molecule has 136 valence electrons. The number of benzene rings is 2. The summed E-state index contributed by atoms with van der Waals surface area (Å²) in [7, 11) is 0. The second-order valence-corrected chi connectivity index (χ2v) is 6.79. The molecule has 0 saturated carbocycles. The molecule has 1 aromatic heterocycles. The molecule has 0 bridgehead atoms. The van der Waals surface area contributed by atoms with Crippen LogP contribution in [-0.4, -0.2) is 26.6 Å². The Balaban J connectivity index is 1.53. The topological polar surface area (TPSA) is 88.9 Å². The van der Waals surface area contributed by atoms with Crippen LogP contribution in [0.2, 0.25) is 10.0 Å². The van der Waals surface area contributed by atoms with Crippen molar-refractivity contribution in [3.05, 3.63) is 58.6 Å². The number of halogens is 2. The Labute approximate surface area is 164 Å². The van der Waals surface area contributed by atoms with Crippen LogP contribution in [-0.2, 0) is 9.59 Å². The average Bonchev–Trinajstić information content (AvgIpc) is 3.18. The van der Waals surface area contributed by atoms with Crippen LogP contribution in [0.5, 0.6) is 0 Å². The number of aromatic nitrogens is 3. The Morgan fingerprint density at radius 1 is 1.19 bits per heavy atom. The van der Waals surface area contributed by atoms with E-state index in [0.29, 0.717) is 27.5 Å². The van der Waals surface area contributed by atoms with Gasteiger partial charge in [0.1, 0.15) is 6.04 Å². The van der Waals surface area contributed by atoms with Crippen molar-refractivity contribution in [2.75, 3.05) is 10.6 Å². The summed E-state index contributed by atoms with van der Waals surface area (Å²) in [6.07, 6.45) is -0.112. The molecule has 2 heterocycles. The fraction of sp³-hybridized carbons (Fsp3) is 0.111. The summed E-state index contributed by atoms with van der Waals surface area (Å²) in [6.45, 7) is 0. The lowest BCUT2D eigenvalue weighted by Gasteiger charge is -2.11. The van der Waals surface area contributed by atoms with Crippen LogP contribution in [0.25, 0.3) is 11.4 Å². The third-order valence-corrected chi connectivity index (χ3v) is 4.64. The molecular formula is C18H13Cl2N5O2. The molecule has 9 heteroatoms. The molecule has 1 aliphatic heterocycles. The van der Waals surface area contributed by atoms with Crippen LogP contribution >= 0.6 is 23.2 Å². The number of hydrogen-bond acceptors (Lipinski definition) is 4. The smallest absolute Gasteiger partial charge is 0.252 e. The molecule has 0 aliphatic carbocycles. The minimum absolute atomic E-state index is 0.112. The number of carbonyl (C=O) groups excluding carboxylic acids is 2. The van der Waals surface area contributed by atoms with Gasteiger partial charge in [0.2, 0.25) is 11.9 Å². The molecule has 2 N–H and O–H groups in total. The molecule has 2 amide bonds. The van der Waals surface area contributed by atoms with Crippen molar-refractivity contribution in [3.63, 3.8) is 0 Å². The van der Waals surface area contributed by atoms with Crippen molar-refractivity contribution >= 4 is 46.7 Å². The van der Waals surface area contributed by atoms with Crippen LogP contribution in [0.1, 0.15) is 12.5 Å².